The predicted molar refractivity (Wildman–Crippen MR) is 74.2 cm³/mol. The van der Waals surface area contributed by atoms with Crippen LogP contribution in [0, 0.1) is 9.49 Å². The van der Waals surface area contributed by atoms with Gasteiger partial charge in [-0.25, -0.2) is 0 Å². The topological polar surface area (TPSA) is 101 Å². The molecule has 0 heterocycles. The predicted octanol–water partition coefficient (Wildman–Crippen LogP) is 1.34. The summed E-state index contributed by atoms with van der Waals surface area (Å²) >= 11 is 2.14. The van der Waals surface area contributed by atoms with Crippen molar-refractivity contribution in [1.29, 1.82) is 0 Å². The van der Waals surface area contributed by atoms with E-state index in [1.165, 1.54) is 0 Å². The zero-order valence-corrected chi connectivity index (χ0v) is 11.7. The fourth-order valence-electron chi connectivity index (χ4n) is 1.63. The highest BCUT2D eigenvalue weighted by atomic mass is 127. The van der Waals surface area contributed by atoms with Crippen LogP contribution < -0.4 is 5.73 Å². The number of aliphatic carboxylic acids is 2. The molecule has 18 heavy (non-hydrogen) atoms. The molecule has 0 aliphatic rings. The second-order valence-corrected chi connectivity index (χ2v) is 5.30. The van der Waals surface area contributed by atoms with E-state index in [2.05, 4.69) is 22.6 Å². The molecular weight excluding hydrogens is 349 g/mol. The monoisotopic (exact) mass is 363 g/mol. The van der Waals surface area contributed by atoms with E-state index in [-0.39, 0.29) is 12.8 Å². The van der Waals surface area contributed by atoms with Crippen molar-refractivity contribution in [3.63, 3.8) is 0 Å². The van der Waals surface area contributed by atoms with Gasteiger partial charge < -0.3 is 15.9 Å². The van der Waals surface area contributed by atoms with Crippen LogP contribution in [-0.4, -0.2) is 28.2 Å². The number of benzene rings is 1. The van der Waals surface area contributed by atoms with Gasteiger partial charge in [-0.05, 0) is 53.1 Å². The van der Waals surface area contributed by atoms with E-state index < -0.39 is 23.9 Å². The molecule has 0 aromatic heterocycles. The van der Waals surface area contributed by atoms with Gasteiger partial charge in [0.2, 0.25) is 0 Å². The van der Waals surface area contributed by atoms with E-state index >= 15 is 0 Å². The molecular formula is C12H14INO4. The van der Waals surface area contributed by atoms with Crippen molar-refractivity contribution in [3.05, 3.63) is 33.4 Å². The third-order valence-corrected chi connectivity index (χ3v) is 3.25. The molecule has 4 N–H and O–H groups in total. The molecule has 1 aromatic rings. The maximum Gasteiger partial charge on any atom is 0.320 e. The van der Waals surface area contributed by atoms with Crippen molar-refractivity contribution in [3.8, 4) is 0 Å². The van der Waals surface area contributed by atoms with Crippen LogP contribution in [0.25, 0.3) is 0 Å². The van der Waals surface area contributed by atoms with Crippen molar-refractivity contribution in [2.24, 2.45) is 11.7 Å². The fraction of sp³-hybridized carbons (Fsp3) is 0.333. The molecule has 0 aliphatic carbocycles. The first-order valence-electron chi connectivity index (χ1n) is 5.35. The number of carboxylic acid groups (broad SMARTS) is 2. The number of hydrogen-bond donors (Lipinski definition) is 3. The lowest BCUT2D eigenvalue weighted by molar-refractivity contribution is -0.143. The van der Waals surface area contributed by atoms with Gasteiger partial charge >= 0.3 is 11.9 Å². The number of carbonyl (C=O) groups is 2. The van der Waals surface area contributed by atoms with Crippen LogP contribution >= 0.6 is 22.6 Å². The van der Waals surface area contributed by atoms with Crippen molar-refractivity contribution >= 4 is 34.5 Å². The van der Waals surface area contributed by atoms with Crippen molar-refractivity contribution < 1.29 is 19.8 Å². The molecule has 2 atom stereocenters. The van der Waals surface area contributed by atoms with E-state index in [1.54, 1.807) is 0 Å². The average molecular weight is 363 g/mol. The Morgan fingerprint density at radius 3 is 2.44 bits per heavy atom. The second-order valence-electron chi connectivity index (χ2n) is 4.05. The van der Waals surface area contributed by atoms with Crippen LogP contribution in [0.3, 0.4) is 0 Å². The SMILES string of the molecule is NC(CC(Cc1cccc(I)c1)C(=O)O)C(=O)O. The first kappa shape index (κ1) is 14.9. The Morgan fingerprint density at radius 1 is 1.28 bits per heavy atom. The van der Waals surface area contributed by atoms with Crippen LogP contribution in [0.5, 0.6) is 0 Å². The van der Waals surface area contributed by atoms with Gasteiger partial charge in [0, 0.05) is 3.57 Å². The number of nitrogens with two attached hydrogens (primary N) is 1. The molecule has 0 radical (unpaired) electrons. The number of carboxylic acids is 2. The van der Waals surface area contributed by atoms with E-state index in [0.717, 1.165) is 9.13 Å². The van der Waals surface area contributed by atoms with Gasteiger partial charge in [-0.3, -0.25) is 9.59 Å². The zero-order chi connectivity index (χ0) is 13.7. The lowest BCUT2D eigenvalue weighted by atomic mass is 9.93. The Morgan fingerprint density at radius 2 is 1.94 bits per heavy atom. The molecule has 5 nitrogen and oxygen atoms in total. The highest BCUT2D eigenvalue weighted by Gasteiger charge is 2.24. The molecule has 0 saturated carbocycles. The second kappa shape index (κ2) is 6.69. The summed E-state index contributed by atoms with van der Waals surface area (Å²) in [5.74, 6) is -2.98. The van der Waals surface area contributed by atoms with Gasteiger partial charge in [-0.1, -0.05) is 12.1 Å². The Hall–Kier alpha value is -1.15. The fourth-order valence-corrected chi connectivity index (χ4v) is 2.23. The van der Waals surface area contributed by atoms with Gasteiger partial charge in [0.25, 0.3) is 0 Å². The normalized spacial score (nSPS) is 13.9. The minimum atomic E-state index is -1.18. The Bertz CT molecular complexity index is 449. The van der Waals surface area contributed by atoms with E-state index in [1.807, 2.05) is 24.3 Å². The number of halogens is 1. The molecule has 2 unspecified atom stereocenters. The van der Waals surface area contributed by atoms with E-state index in [9.17, 15) is 9.59 Å². The maximum atomic E-state index is 11.1. The van der Waals surface area contributed by atoms with Gasteiger partial charge in [0.05, 0.1) is 5.92 Å². The summed E-state index contributed by atoms with van der Waals surface area (Å²) in [5, 5.41) is 17.8. The largest absolute Gasteiger partial charge is 0.481 e. The van der Waals surface area contributed by atoms with Crippen molar-refractivity contribution in [2.75, 3.05) is 0 Å². The van der Waals surface area contributed by atoms with Gasteiger partial charge in [0.15, 0.2) is 0 Å². The smallest absolute Gasteiger partial charge is 0.320 e. The molecule has 0 amide bonds. The Balaban J connectivity index is 2.75. The summed E-state index contributed by atoms with van der Waals surface area (Å²) < 4.78 is 1.01. The molecule has 6 heteroatoms. The highest BCUT2D eigenvalue weighted by molar-refractivity contribution is 14.1. The van der Waals surface area contributed by atoms with Gasteiger partial charge in [-0.15, -0.1) is 0 Å². The van der Waals surface area contributed by atoms with E-state index in [0.29, 0.717) is 0 Å². The summed E-state index contributed by atoms with van der Waals surface area (Å²) in [6.07, 6.45) is 0.212. The Kier molecular flexibility index (Phi) is 5.54. The first-order chi connectivity index (χ1) is 8.40. The molecule has 0 spiro atoms. The lowest BCUT2D eigenvalue weighted by Crippen LogP contribution is -2.35. The van der Waals surface area contributed by atoms with Crippen LogP contribution in [0.1, 0.15) is 12.0 Å². The van der Waals surface area contributed by atoms with Crippen molar-refractivity contribution in [1.82, 2.24) is 0 Å². The van der Waals surface area contributed by atoms with E-state index in [4.69, 9.17) is 15.9 Å². The molecule has 0 aliphatic heterocycles. The lowest BCUT2D eigenvalue weighted by Gasteiger charge is -2.15. The molecule has 0 saturated heterocycles. The maximum absolute atomic E-state index is 11.1. The number of rotatable bonds is 6. The zero-order valence-electron chi connectivity index (χ0n) is 9.54. The van der Waals surface area contributed by atoms with Crippen LogP contribution in [-0.2, 0) is 16.0 Å². The van der Waals surface area contributed by atoms with Crippen LogP contribution in [0.15, 0.2) is 24.3 Å². The standard InChI is InChI=1S/C12H14INO4/c13-9-3-1-2-7(5-9)4-8(11(15)16)6-10(14)12(17)18/h1-3,5,8,10H,4,6,14H2,(H,15,16)(H,17,18). The first-order valence-corrected chi connectivity index (χ1v) is 6.43. The molecule has 0 fully saturated rings. The third-order valence-electron chi connectivity index (χ3n) is 2.58. The molecule has 1 aromatic carbocycles. The minimum Gasteiger partial charge on any atom is -0.481 e. The quantitative estimate of drug-likeness (QED) is 0.663. The van der Waals surface area contributed by atoms with Crippen molar-refractivity contribution in [2.45, 2.75) is 18.9 Å². The van der Waals surface area contributed by atoms with Gasteiger partial charge in [0.1, 0.15) is 6.04 Å². The third kappa shape index (κ3) is 4.61. The van der Waals surface area contributed by atoms with Crippen LogP contribution in [0.2, 0.25) is 0 Å². The molecule has 1 rings (SSSR count). The van der Waals surface area contributed by atoms with Gasteiger partial charge in [-0.2, -0.15) is 0 Å². The minimum absolute atomic E-state index is 0.0733. The highest BCUT2D eigenvalue weighted by Crippen LogP contribution is 2.16. The average Bonchev–Trinajstić information content (AvgIpc) is 2.27. The summed E-state index contributed by atoms with van der Waals surface area (Å²) in [7, 11) is 0. The summed E-state index contributed by atoms with van der Waals surface area (Å²) in [5.41, 5.74) is 6.24. The summed E-state index contributed by atoms with van der Waals surface area (Å²) in [6.45, 7) is 0. The Labute approximate surface area is 118 Å². The summed E-state index contributed by atoms with van der Waals surface area (Å²) in [4.78, 5) is 21.7. The number of hydrogen-bond acceptors (Lipinski definition) is 3. The summed E-state index contributed by atoms with van der Waals surface area (Å²) in [6, 6.07) is 6.30. The van der Waals surface area contributed by atoms with Crippen LogP contribution in [0.4, 0.5) is 0 Å². The molecule has 0 bridgehead atoms. The molecule has 98 valence electrons.